The van der Waals surface area contributed by atoms with Crippen LogP contribution in [-0.2, 0) is 16.1 Å². The molecule has 0 aromatic heterocycles. The van der Waals surface area contributed by atoms with Crippen molar-refractivity contribution in [2.45, 2.75) is 50.9 Å². The van der Waals surface area contributed by atoms with E-state index in [1.807, 2.05) is 7.05 Å². The summed E-state index contributed by atoms with van der Waals surface area (Å²) in [5, 5.41) is 8.85. The first kappa shape index (κ1) is 26.9. The van der Waals surface area contributed by atoms with Crippen LogP contribution >= 0.6 is 0 Å². The predicted molar refractivity (Wildman–Crippen MR) is 139 cm³/mol. The molecule has 3 saturated heterocycles. The number of rotatable bonds is 12. The molecule has 1 N–H and O–H groups in total. The molecule has 0 radical (unpaired) electrons. The first-order valence-electron chi connectivity index (χ1n) is 13.6. The number of unbranched alkanes of at least 4 members (excludes halogenated alkanes) is 1. The monoisotopic (exact) mass is 501 g/mol. The Morgan fingerprint density at radius 2 is 1.50 bits per heavy atom. The lowest BCUT2D eigenvalue weighted by Crippen LogP contribution is -2.54. The number of amides is 1. The third kappa shape index (κ3) is 7.65. The quantitative estimate of drug-likeness (QED) is 0.437. The summed E-state index contributed by atoms with van der Waals surface area (Å²) < 4.78 is 5.78. The number of hydrogen-bond acceptors (Lipinski definition) is 7. The van der Waals surface area contributed by atoms with Gasteiger partial charge in [0.25, 0.3) is 0 Å². The number of carboxylic acids is 1. The lowest BCUT2D eigenvalue weighted by molar-refractivity contribution is -0.137. The highest BCUT2D eigenvalue weighted by molar-refractivity contribution is 5.70. The summed E-state index contributed by atoms with van der Waals surface area (Å²) in [4.78, 5) is 34.6. The van der Waals surface area contributed by atoms with E-state index in [1.54, 1.807) is 4.90 Å². The molecule has 2 unspecified atom stereocenters. The van der Waals surface area contributed by atoms with Crippen LogP contribution in [0.15, 0.2) is 30.3 Å². The van der Waals surface area contributed by atoms with E-state index in [0.29, 0.717) is 6.42 Å². The number of benzene rings is 1. The summed E-state index contributed by atoms with van der Waals surface area (Å²) in [5.41, 5.74) is 1.39. The average molecular weight is 502 g/mol. The van der Waals surface area contributed by atoms with Gasteiger partial charge in [-0.3, -0.25) is 14.6 Å². The first-order chi connectivity index (χ1) is 17.5. The van der Waals surface area contributed by atoms with Crippen molar-refractivity contribution in [3.8, 4) is 0 Å². The minimum atomic E-state index is -0.734. The molecule has 0 aliphatic carbocycles. The van der Waals surface area contributed by atoms with E-state index in [1.165, 1.54) is 5.56 Å². The second-order valence-corrected chi connectivity index (χ2v) is 10.4. The Morgan fingerprint density at radius 3 is 2.17 bits per heavy atom. The lowest BCUT2D eigenvalue weighted by atomic mass is 10.1. The molecule has 0 bridgehead atoms. The number of piperazine rings is 2. The lowest BCUT2D eigenvalue weighted by Gasteiger charge is -2.38. The molecule has 36 heavy (non-hydrogen) atoms. The van der Waals surface area contributed by atoms with Gasteiger partial charge in [-0.25, -0.2) is 4.79 Å². The number of likely N-dealkylation sites (N-methyl/N-ethyl adjacent to an activating group) is 1. The van der Waals surface area contributed by atoms with Crippen molar-refractivity contribution >= 4 is 12.1 Å². The van der Waals surface area contributed by atoms with Gasteiger partial charge in [0.2, 0.25) is 0 Å². The maximum Gasteiger partial charge on any atom is 0.411 e. The number of carbonyl (C=O) groups is 2. The molecule has 200 valence electrons. The number of aliphatic carboxylic acids is 1. The van der Waals surface area contributed by atoms with Crippen molar-refractivity contribution in [3.63, 3.8) is 0 Å². The Labute approximate surface area is 215 Å². The fourth-order valence-electron chi connectivity index (χ4n) is 5.64. The minimum Gasteiger partial charge on any atom is -0.481 e. The molecule has 0 spiro atoms. The number of carboxylic acid groups (broad SMARTS) is 1. The Hall–Kier alpha value is -2.20. The SMILES string of the molecule is CN1C(=O)OC(N2CCN(CCCC(=O)O)CC2)C1CCCCN1CCN(Cc2ccccc2)CC1. The van der Waals surface area contributed by atoms with Crippen LogP contribution in [0, 0.1) is 0 Å². The molecule has 2 atom stereocenters. The van der Waals surface area contributed by atoms with Crippen LogP contribution in [0.4, 0.5) is 4.79 Å². The zero-order valence-corrected chi connectivity index (χ0v) is 21.8. The van der Waals surface area contributed by atoms with E-state index in [2.05, 4.69) is 49.9 Å². The number of carbonyl (C=O) groups excluding carboxylic acids is 1. The fourth-order valence-corrected chi connectivity index (χ4v) is 5.64. The molecule has 1 aromatic rings. The van der Waals surface area contributed by atoms with Crippen LogP contribution in [0.25, 0.3) is 0 Å². The Morgan fingerprint density at radius 1 is 0.889 bits per heavy atom. The van der Waals surface area contributed by atoms with E-state index in [4.69, 9.17) is 9.84 Å². The average Bonchev–Trinajstić information content (AvgIpc) is 3.17. The Kier molecular flexibility index (Phi) is 9.98. The highest BCUT2D eigenvalue weighted by atomic mass is 16.6. The van der Waals surface area contributed by atoms with Crippen LogP contribution in [0.1, 0.15) is 37.7 Å². The van der Waals surface area contributed by atoms with Gasteiger partial charge in [-0.15, -0.1) is 0 Å². The van der Waals surface area contributed by atoms with Crippen molar-refractivity contribution in [1.29, 1.82) is 0 Å². The van der Waals surface area contributed by atoms with E-state index in [0.717, 1.165) is 91.3 Å². The van der Waals surface area contributed by atoms with Crippen molar-refractivity contribution in [2.24, 2.45) is 0 Å². The van der Waals surface area contributed by atoms with Gasteiger partial charge < -0.3 is 24.5 Å². The second kappa shape index (κ2) is 13.4. The molecule has 4 rings (SSSR count). The van der Waals surface area contributed by atoms with E-state index in [-0.39, 0.29) is 24.8 Å². The summed E-state index contributed by atoms with van der Waals surface area (Å²) >= 11 is 0. The summed E-state index contributed by atoms with van der Waals surface area (Å²) in [6.45, 7) is 10.9. The molecular formula is C27H43N5O4. The van der Waals surface area contributed by atoms with Crippen LogP contribution in [-0.4, -0.2) is 126 Å². The predicted octanol–water partition coefficient (Wildman–Crippen LogP) is 2.23. The van der Waals surface area contributed by atoms with Crippen molar-refractivity contribution in [3.05, 3.63) is 35.9 Å². The van der Waals surface area contributed by atoms with Gasteiger partial charge in [0.05, 0.1) is 6.04 Å². The van der Waals surface area contributed by atoms with Crippen LogP contribution in [0.3, 0.4) is 0 Å². The van der Waals surface area contributed by atoms with Crippen LogP contribution < -0.4 is 0 Å². The second-order valence-electron chi connectivity index (χ2n) is 10.4. The smallest absolute Gasteiger partial charge is 0.411 e. The maximum atomic E-state index is 12.3. The van der Waals surface area contributed by atoms with Gasteiger partial charge in [-0.1, -0.05) is 30.3 Å². The highest BCUT2D eigenvalue weighted by Gasteiger charge is 2.43. The summed E-state index contributed by atoms with van der Waals surface area (Å²) in [5.74, 6) is -0.734. The van der Waals surface area contributed by atoms with Crippen LogP contribution in [0.5, 0.6) is 0 Å². The fraction of sp³-hybridized carbons (Fsp3) is 0.704. The zero-order valence-electron chi connectivity index (χ0n) is 21.8. The molecule has 1 amide bonds. The molecule has 3 aliphatic heterocycles. The molecule has 9 nitrogen and oxygen atoms in total. The number of cyclic esters (lactones) is 1. The third-order valence-corrected chi connectivity index (χ3v) is 7.91. The molecule has 3 fully saturated rings. The van der Waals surface area contributed by atoms with Crippen molar-refractivity contribution < 1.29 is 19.4 Å². The van der Waals surface area contributed by atoms with Gasteiger partial charge in [-0.2, -0.15) is 0 Å². The Balaban J connectivity index is 1.14. The topological polar surface area (TPSA) is 79.8 Å². The number of ether oxygens (including phenoxy) is 1. The molecule has 3 heterocycles. The molecule has 1 aromatic carbocycles. The van der Waals surface area contributed by atoms with Gasteiger partial charge >= 0.3 is 12.1 Å². The maximum absolute atomic E-state index is 12.3. The van der Waals surface area contributed by atoms with Crippen LogP contribution in [0.2, 0.25) is 0 Å². The Bertz CT molecular complexity index is 825. The van der Waals surface area contributed by atoms with Gasteiger partial charge in [0.1, 0.15) is 0 Å². The van der Waals surface area contributed by atoms with Gasteiger partial charge in [0.15, 0.2) is 6.23 Å². The number of nitrogens with zero attached hydrogens (tertiary/aromatic N) is 5. The van der Waals surface area contributed by atoms with Crippen molar-refractivity contribution in [1.82, 2.24) is 24.5 Å². The van der Waals surface area contributed by atoms with E-state index < -0.39 is 5.97 Å². The standard InChI is InChI=1S/C27H43N5O4/c1-28-24(26(36-27(28)35)32-20-18-30(19-21-32)13-7-11-25(33)34)10-5-6-12-29-14-16-31(17-15-29)22-23-8-3-2-4-9-23/h2-4,8-9,24,26H,5-7,10-22H2,1H3,(H,33,34). The molecule has 0 saturated carbocycles. The number of hydrogen-bond donors (Lipinski definition) is 1. The summed E-state index contributed by atoms with van der Waals surface area (Å²) in [6.07, 6.45) is 3.69. The highest BCUT2D eigenvalue weighted by Crippen LogP contribution is 2.26. The van der Waals surface area contributed by atoms with Gasteiger partial charge in [0, 0.05) is 72.4 Å². The van der Waals surface area contributed by atoms with Gasteiger partial charge in [-0.05, 0) is 44.3 Å². The molecule has 3 aliphatic rings. The van der Waals surface area contributed by atoms with E-state index in [9.17, 15) is 9.59 Å². The summed E-state index contributed by atoms with van der Waals surface area (Å²) in [6, 6.07) is 10.8. The first-order valence-corrected chi connectivity index (χ1v) is 13.6. The summed E-state index contributed by atoms with van der Waals surface area (Å²) in [7, 11) is 1.86. The largest absolute Gasteiger partial charge is 0.481 e. The molecule has 9 heteroatoms. The minimum absolute atomic E-state index is 0.0961. The molecular weight excluding hydrogens is 458 g/mol. The van der Waals surface area contributed by atoms with Crippen molar-refractivity contribution in [2.75, 3.05) is 72.5 Å². The zero-order chi connectivity index (χ0) is 25.3. The van der Waals surface area contributed by atoms with E-state index >= 15 is 0 Å². The normalized spacial score (nSPS) is 24.8. The third-order valence-electron chi connectivity index (χ3n) is 7.91.